The van der Waals surface area contributed by atoms with Crippen LogP contribution in [0.3, 0.4) is 0 Å². The molecule has 1 heterocycles. The fourth-order valence-corrected chi connectivity index (χ4v) is 2.51. The fourth-order valence-electron chi connectivity index (χ4n) is 2.51. The number of rotatable bonds is 6. The number of alkyl halides is 1. The maximum atomic E-state index is 12.4. The van der Waals surface area contributed by atoms with Gasteiger partial charge in [0.25, 0.3) is 5.91 Å². The van der Waals surface area contributed by atoms with Crippen LogP contribution in [0.1, 0.15) is 10.4 Å². The van der Waals surface area contributed by atoms with Crippen LogP contribution in [-0.2, 0) is 4.84 Å². The minimum atomic E-state index is -0.629. The molecule has 0 unspecified atom stereocenters. The molecule has 0 aliphatic rings. The van der Waals surface area contributed by atoms with E-state index in [1.54, 1.807) is 18.2 Å². The van der Waals surface area contributed by atoms with Crippen molar-refractivity contribution in [1.29, 1.82) is 0 Å². The second-order valence-electron chi connectivity index (χ2n) is 5.37. The van der Waals surface area contributed by atoms with Gasteiger partial charge in [-0.1, -0.05) is 18.2 Å². The number of hydrogen-bond donors (Lipinski definition) is 2. The number of aromatic nitrogens is 2. The number of anilines is 1. The number of nitrogen functional groups attached to an aromatic ring is 1. The lowest BCUT2D eigenvalue weighted by Crippen LogP contribution is -2.21. The first kappa shape index (κ1) is 17.6. The summed E-state index contributed by atoms with van der Waals surface area (Å²) in [4.78, 5) is 24.5. The van der Waals surface area contributed by atoms with Gasteiger partial charge in [0, 0.05) is 5.56 Å². The maximum Gasteiger partial charge on any atom is 0.274 e. The average Bonchev–Trinajstić information content (AvgIpc) is 2.66. The SMILES string of the molecule is CONC(=O)c1ccc(-c2ccc3nc(N)nc(OCCF)c3c2)cc1. The fraction of sp³-hybridized carbons (Fsp3) is 0.167. The number of carbonyl (C=O) groups is 1. The third-order valence-electron chi connectivity index (χ3n) is 3.67. The summed E-state index contributed by atoms with van der Waals surface area (Å²) in [6, 6.07) is 12.5. The number of nitrogens with two attached hydrogens (primary N) is 1. The van der Waals surface area contributed by atoms with Crippen LogP contribution in [0.2, 0.25) is 0 Å². The quantitative estimate of drug-likeness (QED) is 0.659. The van der Waals surface area contributed by atoms with Crippen LogP contribution in [0.25, 0.3) is 22.0 Å². The van der Waals surface area contributed by atoms with Crippen LogP contribution in [0.5, 0.6) is 5.88 Å². The van der Waals surface area contributed by atoms with Crippen molar-refractivity contribution in [1.82, 2.24) is 15.4 Å². The first-order valence-corrected chi connectivity index (χ1v) is 7.82. The molecule has 0 fully saturated rings. The first-order chi connectivity index (χ1) is 12.6. The number of benzene rings is 2. The summed E-state index contributed by atoms with van der Waals surface area (Å²) >= 11 is 0. The van der Waals surface area contributed by atoms with Crippen molar-refractivity contribution in [3.63, 3.8) is 0 Å². The van der Waals surface area contributed by atoms with Crippen molar-refractivity contribution in [2.24, 2.45) is 0 Å². The highest BCUT2D eigenvalue weighted by molar-refractivity contribution is 5.94. The molecule has 0 aliphatic carbocycles. The Balaban J connectivity index is 1.97. The molecule has 1 amide bonds. The zero-order valence-corrected chi connectivity index (χ0v) is 14.0. The molecular weight excluding hydrogens is 339 g/mol. The molecule has 2 aromatic carbocycles. The van der Waals surface area contributed by atoms with Gasteiger partial charge in [0.2, 0.25) is 11.8 Å². The zero-order chi connectivity index (χ0) is 18.5. The molecule has 3 N–H and O–H groups in total. The van der Waals surface area contributed by atoms with Crippen LogP contribution >= 0.6 is 0 Å². The normalized spacial score (nSPS) is 10.7. The molecule has 0 atom stereocenters. The Morgan fingerprint density at radius 3 is 2.58 bits per heavy atom. The van der Waals surface area contributed by atoms with Crippen LogP contribution in [0.4, 0.5) is 10.3 Å². The molecule has 1 aromatic heterocycles. The Labute approximate surface area is 148 Å². The van der Waals surface area contributed by atoms with Gasteiger partial charge in [-0.05, 0) is 35.4 Å². The smallest absolute Gasteiger partial charge is 0.274 e. The van der Waals surface area contributed by atoms with Gasteiger partial charge in [-0.25, -0.2) is 14.9 Å². The number of hydrogen-bond acceptors (Lipinski definition) is 6. The van der Waals surface area contributed by atoms with E-state index in [0.29, 0.717) is 16.5 Å². The molecule has 7 nitrogen and oxygen atoms in total. The summed E-state index contributed by atoms with van der Waals surface area (Å²) in [7, 11) is 1.37. The van der Waals surface area contributed by atoms with Crippen molar-refractivity contribution in [2.45, 2.75) is 0 Å². The van der Waals surface area contributed by atoms with E-state index in [1.165, 1.54) is 7.11 Å². The molecule has 3 rings (SSSR count). The van der Waals surface area contributed by atoms with E-state index in [9.17, 15) is 9.18 Å². The standard InChI is InChI=1S/C18H17FN4O3/c1-25-23-16(24)12-4-2-11(3-5-12)13-6-7-15-14(10-13)17(26-9-8-19)22-18(20)21-15/h2-7,10H,8-9H2,1H3,(H,23,24)(H2,20,21,22). The molecule has 0 bridgehead atoms. The minimum absolute atomic E-state index is 0.0626. The number of ether oxygens (including phenoxy) is 1. The lowest BCUT2D eigenvalue weighted by atomic mass is 10.0. The summed E-state index contributed by atoms with van der Waals surface area (Å²) in [5.74, 6) is -0.0287. The second-order valence-corrected chi connectivity index (χ2v) is 5.37. The maximum absolute atomic E-state index is 12.4. The van der Waals surface area contributed by atoms with Gasteiger partial charge >= 0.3 is 0 Å². The predicted octanol–water partition coefficient (Wildman–Crippen LogP) is 2.52. The Morgan fingerprint density at radius 1 is 1.15 bits per heavy atom. The van der Waals surface area contributed by atoms with Crippen molar-refractivity contribution in [3.05, 3.63) is 48.0 Å². The van der Waals surface area contributed by atoms with E-state index >= 15 is 0 Å². The van der Waals surface area contributed by atoms with E-state index in [-0.39, 0.29) is 24.3 Å². The molecule has 26 heavy (non-hydrogen) atoms. The summed E-state index contributed by atoms with van der Waals surface area (Å²) in [6.45, 7) is -0.741. The van der Waals surface area contributed by atoms with Crippen molar-refractivity contribution in [2.75, 3.05) is 26.1 Å². The number of nitrogens with one attached hydrogen (secondary N) is 1. The molecule has 0 spiro atoms. The highest BCUT2D eigenvalue weighted by atomic mass is 19.1. The first-order valence-electron chi connectivity index (χ1n) is 7.82. The molecule has 134 valence electrons. The minimum Gasteiger partial charge on any atom is -0.474 e. The van der Waals surface area contributed by atoms with Crippen LogP contribution in [-0.4, -0.2) is 36.3 Å². The van der Waals surface area contributed by atoms with Gasteiger partial charge in [-0.15, -0.1) is 0 Å². The number of halogens is 1. The summed E-state index contributed by atoms with van der Waals surface area (Å²) in [5.41, 5.74) is 10.8. The van der Waals surface area contributed by atoms with E-state index in [1.807, 2.05) is 24.3 Å². The summed E-state index contributed by atoms with van der Waals surface area (Å²) in [6.07, 6.45) is 0. The Morgan fingerprint density at radius 2 is 1.88 bits per heavy atom. The molecule has 3 aromatic rings. The van der Waals surface area contributed by atoms with Gasteiger partial charge < -0.3 is 10.5 Å². The van der Waals surface area contributed by atoms with Crippen molar-refractivity contribution >= 4 is 22.8 Å². The van der Waals surface area contributed by atoms with Gasteiger partial charge in [-0.3, -0.25) is 9.63 Å². The third kappa shape index (κ3) is 3.70. The number of nitrogens with zero attached hydrogens (tertiary/aromatic N) is 2. The van der Waals surface area contributed by atoms with Crippen LogP contribution in [0.15, 0.2) is 42.5 Å². The Hall–Kier alpha value is -3.26. The van der Waals surface area contributed by atoms with Gasteiger partial charge in [0.1, 0.15) is 13.3 Å². The van der Waals surface area contributed by atoms with Crippen molar-refractivity contribution < 1.29 is 18.8 Å². The van der Waals surface area contributed by atoms with Gasteiger partial charge in [-0.2, -0.15) is 4.98 Å². The predicted molar refractivity (Wildman–Crippen MR) is 95.3 cm³/mol. The largest absolute Gasteiger partial charge is 0.474 e. The van der Waals surface area contributed by atoms with E-state index in [0.717, 1.165) is 11.1 Å². The average molecular weight is 356 g/mol. The van der Waals surface area contributed by atoms with Crippen LogP contribution < -0.4 is 16.0 Å². The van der Waals surface area contributed by atoms with Crippen molar-refractivity contribution in [3.8, 4) is 17.0 Å². The van der Waals surface area contributed by atoms with Gasteiger partial charge in [0.05, 0.1) is 18.0 Å². The Bertz CT molecular complexity index is 932. The topological polar surface area (TPSA) is 99.4 Å². The molecule has 8 heteroatoms. The molecular formula is C18H17FN4O3. The van der Waals surface area contributed by atoms with E-state index in [2.05, 4.69) is 20.3 Å². The number of fused-ring (bicyclic) bond motifs is 1. The number of hydroxylamine groups is 1. The lowest BCUT2D eigenvalue weighted by molar-refractivity contribution is 0.0537. The lowest BCUT2D eigenvalue weighted by Gasteiger charge is -2.10. The highest BCUT2D eigenvalue weighted by Gasteiger charge is 2.10. The molecule has 0 aliphatic heterocycles. The van der Waals surface area contributed by atoms with E-state index in [4.69, 9.17) is 10.5 Å². The second kappa shape index (κ2) is 7.75. The number of carbonyl (C=O) groups excluding carboxylic acids is 1. The van der Waals surface area contributed by atoms with Gasteiger partial charge in [0.15, 0.2) is 0 Å². The van der Waals surface area contributed by atoms with Crippen LogP contribution in [0, 0.1) is 0 Å². The highest BCUT2D eigenvalue weighted by Crippen LogP contribution is 2.29. The molecule has 0 saturated carbocycles. The monoisotopic (exact) mass is 356 g/mol. The zero-order valence-electron chi connectivity index (χ0n) is 14.0. The third-order valence-corrected chi connectivity index (χ3v) is 3.67. The molecule has 0 saturated heterocycles. The summed E-state index contributed by atoms with van der Waals surface area (Å²) < 4.78 is 17.8. The van der Waals surface area contributed by atoms with E-state index < -0.39 is 6.67 Å². The number of amides is 1. The Kier molecular flexibility index (Phi) is 5.23. The molecule has 0 radical (unpaired) electrons. The summed E-state index contributed by atoms with van der Waals surface area (Å²) in [5, 5.41) is 0.631.